The van der Waals surface area contributed by atoms with Gasteiger partial charge in [0.2, 0.25) is 0 Å². The zero-order chi connectivity index (χ0) is 14.1. The molecule has 19 heavy (non-hydrogen) atoms. The Labute approximate surface area is 120 Å². The number of rotatable bonds is 3. The van der Waals surface area contributed by atoms with Crippen LogP contribution in [0.25, 0.3) is 0 Å². The Hall–Kier alpha value is -0.0800. The number of hydrogen-bond donors (Lipinski definition) is 1. The third kappa shape index (κ3) is 6.27. The van der Waals surface area contributed by atoms with Crippen molar-refractivity contribution in [2.45, 2.75) is 103 Å². The standard InChI is InChI=1S/C17H35NO/c1-4-15(2)18(3)16-13-11-9-7-5-6-8-10-12-14-17(16)19/h15-17,19H,4-14H2,1-3H3. The normalized spacial score (nSPS) is 29.5. The fraction of sp³-hybridized carbons (Fsp3) is 1.00. The van der Waals surface area contributed by atoms with E-state index in [1.807, 2.05) is 0 Å². The largest absolute Gasteiger partial charge is 0.391 e. The summed E-state index contributed by atoms with van der Waals surface area (Å²) in [5.74, 6) is 0. The van der Waals surface area contributed by atoms with Gasteiger partial charge < -0.3 is 5.11 Å². The van der Waals surface area contributed by atoms with E-state index in [2.05, 4.69) is 25.8 Å². The molecule has 0 aromatic heterocycles. The summed E-state index contributed by atoms with van der Waals surface area (Å²) >= 11 is 0. The van der Waals surface area contributed by atoms with Crippen LogP contribution in [0.2, 0.25) is 0 Å². The van der Waals surface area contributed by atoms with Crippen LogP contribution in [-0.4, -0.2) is 35.2 Å². The maximum Gasteiger partial charge on any atom is 0.0695 e. The van der Waals surface area contributed by atoms with E-state index in [1.54, 1.807) is 0 Å². The Morgan fingerprint density at radius 1 is 0.947 bits per heavy atom. The Kier molecular flexibility index (Phi) is 8.72. The number of aliphatic hydroxyl groups excluding tert-OH is 1. The Bertz CT molecular complexity index is 219. The van der Waals surface area contributed by atoms with Gasteiger partial charge in [-0.1, -0.05) is 58.3 Å². The second kappa shape index (κ2) is 9.77. The number of likely N-dealkylation sites (N-methyl/N-ethyl adjacent to an activating group) is 1. The van der Waals surface area contributed by atoms with Crippen molar-refractivity contribution in [2.24, 2.45) is 0 Å². The highest BCUT2D eigenvalue weighted by molar-refractivity contribution is 4.80. The zero-order valence-electron chi connectivity index (χ0n) is 13.4. The van der Waals surface area contributed by atoms with Crippen molar-refractivity contribution >= 4 is 0 Å². The molecule has 1 aliphatic rings. The lowest BCUT2D eigenvalue weighted by molar-refractivity contribution is 0.0301. The van der Waals surface area contributed by atoms with Crippen LogP contribution < -0.4 is 0 Å². The average molecular weight is 269 g/mol. The molecular formula is C17H35NO. The fourth-order valence-electron chi connectivity index (χ4n) is 3.24. The molecule has 0 aliphatic heterocycles. The molecule has 114 valence electrons. The van der Waals surface area contributed by atoms with Crippen molar-refractivity contribution in [1.29, 1.82) is 0 Å². The molecule has 1 fully saturated rings. The van der Waals surface area contributed by atoms with Gasteiger partial charge in [-0.25, -0.2) is 0 Å². The van der Waals surface area contributed by atoms with Gasteiger partial charge in [0.1, 0.15) is 0 Å². The molecule has 0 aromatic rings. The first kappa shape index (κ1) is 17.0. The highest BCUT2D eigenvalue weighted by Gasteiger charge is 2.25. The highest BCUT2D eigenvalue weighted by atomic mass is 16.3. The van der Waals surface area contributed by atoms with Crippen LogP contribution >= 0.6 is 0 Å². The first-order valence-corrected chi connectivity index (χ1v) is 8.56. The third-order valence-corrected chi connectivity index (χ3v) is 5.00. The summed E-state index contributed by atoms with van der Waals surface area (Å²) in [5.41, 5.74) is 0. The van der Waals surface area contributed by atoms with Gasteiger partial charge in [-0.15, -0.1) is 0 Å². The maximum absolute atomic E-state index is 10.5. The lowest BCUT2D eigenvalue weighted by atomic mass is 9.94. The molecule has 0 bridgehead atoms. The molecule has 3 atom stereocenters. The minimum absolute atomic E-state index is 0.126. The minimum atomic E-state index is -0.126. The smallest absolute Gasteiger partial charge is 0.0695 e. The molecule has 1 rings (SSSR count). The van der Waals surface area contributed by atoms with Crippen molar-refractivity contribution < 1.29 is 5.11 Å². The molecule has 0 radical (unpaired) electrons. The third-order valence-electron chi connectivity index (χ3n) is 5.00. The first-order chi connectivity index (χ1) is 9.16. The minimum Gasteiger partial charge on any atom is -0.391 e. The van der Waals surface area contributed by atoms with Gasteiger partial charge in [-0.2, -0.15) is 0 Å². The number of aliphatic hydroxyl groups is 1. The van der Waals surface area contributed by atoms with Crippen molar-refractivity contribution in [3.63, 3.8) is 0 Å². The van der Waals surface area contributed by atoms with Gasteiger partial charge in [-0.3, -0.25) is 4.90 Å². The van der Waals surface area contributed by atoms with Crippen molar-refractivity contribution in [1.82, 2.24) is 4.90 Å². The Balaban J connectivity index is 2.55. The van der Waals surface area contributed by atoms with E-state index >= 15 is 0 Å². The summed E-state index contributed by atoms with van der Waals surface area (Å²) in [7, 11) is 2.20. The molecule has 0 amide bonds. The summed E-state index contributed by atoms with van der Waals surface area (Å²) in [6, 6.07) is 0.946. The maximum atomic E-state index is 10.5. The molecular weight excluding hydrogens is 234 g/mol. The van der Waals surface area contributed by atoms with Crippen molar-refractivity contribution in [3.8, 4) is 0 Å². The predicted octanol–water partition coefficient (Wildman–Crippen LogP) is 4.36. The summed E-state index contributed by atoms with van der Waals surface area (Å²) in [5, 5.41) is 10.5. The van der Waals surface area contributed by atoms with E-state index in [9.17, 15) is 5.11 Å². The molecule has 1 N–H and O–H groups in total. The zero-order valence-corrected chi connectivity index (χ0v) is 13.4. The molecule has 3 unspecified atom stereocenters. The van der Waals surface area contributed by atoms with E-state index in [4.69, 9.17) is 0 Å². The quantitative estimate of drug-likeness (QED) is 0.823. The molecule has 0 heterocycles. The Morgan fingerprint density at radius 2 is 1.42 bits per heavy atom. The van der Waals surface area contributed by atoms with E-state index in [-0.39, 0.29) is 6.10 Å². The van der Waals surface area contributed by atoms with E-state index < -0.39 is 0 Å². The van der Waals surface area contributed by atoms with Gasteiger partial charge in [0.15, 0.2) is 0 Å². The van der Waals surface area contributed by atoms with E-state index in [0.29, 0.717) is 12.1 Å². The molecule has 0 aromatic carbocycles. The van der Waals surface area contributed by atoms with Gasteiger partial charge in [0.25, 0.3) is 0 Å². The van der Waals surface area contributed by atoms with Gasteiger partial charge in [0.05, 0.1) is 6.10 Å². The van der Waals surface area contributed by atoms with Crippen molar-refractivity contribution in [2.75, 3.05) is 7.05 Å². The molecule has 0 saturated heterocycles. The van der Waals surface area contributed by atoms with Crippen LogP contribution in [0.1, 0.15) is 84.5 Å². The van der Waals surface area contributed by atoms with Crippen LogP contribution in [0.15, 0.2) is 0 Å². The average Bonchev–Trinajstić information content (AvgIpc) is 2.41. The van der Waals surface area contributed by atoms with Crippen LogP contribution in [0.4, 0.5) is 0 Å². The summed E-state index contributed by atoms with van der Waals surface area (Å²) < 4.78 is 0. The van der Waals surface area contributed by atoms with Crippen LogP contribution in [0.3, 0.4) is 0 Å². The molecule has 1 saturated carbocycles. The lowest BCUT2D eigenvalue weighted by Gasteiger charge is -2.36. The first-order valence-electron chi connectivity index (χ1n) is 8.56. The van der Waals surface area contributed by atoms with Crippen molar-refractivity contribution in [3.05, 3.63) is 0 Å². The fourth-order valence-corrected chi connectivity index (χ4v) is 3.24. The van der Waals surface area contributed by atoms with Crippen LogP contribution in [-0.2, 0) is 0 Å². The second-order valence-electron chi connectivity index (χ2n) is 6.46. The SMILES string of the molecule is CCC(C)N(C)C1CCCCCCCCCCC1O. The van der Waals surface area contributed by atoms with Crippen LogP contribution in [0, 0.1) is 0 Å². The monoisotopic (exact) mass is 269 g/mol. The summed E-state index contributed by atoms with van der Waals surface area (Å²) in [4.78, 5) is 2.43. The molecule has 2 heteroatoms. The predicted molar refractivity (Wildman–Crippen MR) is 83.5 cm³/mol. The Morgan fingerprint density at radius 3 is 1.95 bits per heavy atom. The van der Waals surface area contributed by atoms with E-state index in [1.165, 1.54) is 64.2 Å². The van der Waals surface area contributed by atoms with Gasteiger partial charge in [-0.05, 0) is 33.2 Å². The van der Waals surface area contributed by atoms with Gasteiger partial charge in [0, 0.05) is 12.1 Å². The van der Waals surface area contributed by atoms with E-state index in [0.717, 1.165) is 6.42 Å². The molecule has 0 spiro atoms. The highest BCUT2D eigenvalue weighted by Crippen LogP contribution is 2.22. The lowest BCUT2D eigenvalue weighted by Crippen LogP contribution is -2.45. The van der Waals surface area contributed by atoms with Crippen LogP contribution in [0.5, 0.6) is 0 Å². The second-order valence-corrected chi connectivity index (χ2v) is 6.46. The number of hydrogen-bond acceptors (Lipinski definition) is 2. The number of nitrogens with zero attached hydrogens (tertiary/aromatic N) is 1. The topological polar surface area (TPSA) is 23.5 Å². The summed E-state index contributed by atoms with van der Waals surface area (Å²) in [6.45, 7) is 4.52. The summed E-state index contributed by atoms with van der Waals surface area (Å²) in [6.07, 6.45) is 13.9. The molecule has 2 nitrogen and oxygen atoms in total. The van der Waals surface area contributed by atoms with Gasteiger partial charge >= 0.3 is 0 Å². The molecule has 1 aliphatic carbocycles.